The van der Waals surface area contributed by atoms with Crippen molar-refractivity contribution >= 4 is 29.2 Å². The van der Waals surface area contributed by atoms with Crippen LogP contribution in [0.3, 0.4) is 0 Å². The number of rotatable bonds is 12. The Morgan fingerprint density at radius 3 is 2.39 bits per heavy atom. The number of carbonyl (C=O) groups is 2. The van der Waals surface area contributed by atoms with E-state index in [-0.39, 0.29) is 12.5 Å². The van der Waals surface area contributed by atoms with Crippen LogP contribution >= 0.6 is 11.6 Å². The van der Waals surface area contributed by atoms with E-state index in [2.05, 4.69) is 5.32 Å². The molecule has 1 amide bonds. The molecule has 234 valence electrons. The SMILES string of the molecule is CCc1cc(Cl)cc(CC)c1NC(=O)CN1C[C@H](c2ccc3c(c2)OCCO3)C(C(=O)O)[C@@H]1c1ccccc1OCCOC. The molecule has 0 bridgehead atoms. The van der Waals surface area contributed by atoms with Gasteiger partial charge >= 0.3 is 5.97 Å². The van der Waals surface area contributed by atoms with Crippen LogP contribution in [0.4, 0.5) is 5.69 Å². The first kappa shape index (κ1) is 31.6. The molecule has 10 heteroatoms. The van der Waals surface area contributed by atoms with Gasteiger partial charge in [0.1, 0.15) is 25.6 Å². The second kappa shape index (κ2) is 14.3. The number of halogens is 1. The summed E-state index contributed by atoms with van der Waals surface area (Å²) in [6.45, 7) is 5.94. The van der Waals surface area contributed by atoms with E-state index in [0.29, 0.717) is 73.6 Å². The van der Waals surface area contributed by atoms with Gasteiger partial charge in [-0.25, -0.2) is 0 Å². The number of likely N-dealkylation sites (tertiary alicyclic amines) is 1. The zero-order valence-electron chi connectivity index (χ0n) is 25.3. The minimum Gasteiger partial charge on any atom is -0.491 e. The van der Waals surface area contributed by atoms with Gasteiger partial charge < -0.3 is 29.4 Å². The molecule has 0 spiro atoms. The number of ether oxygens (including phenoxy) is 4. The van der Waals surface area contributed by atoms with Gasteiger partial charge in [0.15, 0.2) is 11.5 Å². The molecule has 1 unspecified atom stereocenters. The quantitative estimate of drug-likeness (QED) is 0.246. The van der Waals surface area contributed by atoms with Gasteiger partial charge in [-0.1, -0.05) is 49.7 Å². The minimum atomic E-state index is -0.955. The molecule has 0 aromatic heterocycles. The summed E-state index contributed by atoms with van der Waals surface area (Å²) in [5.41, 5.74) is 4.19. The van der Waals surface area contributed by atoms with E-state index < -0.39 is 23.8 Å². The monoisotopic (exact) mass is 622 g/mol. The third-order valence-electron chi connectivity index (χ3n) is 8.30. The molecule has 2 aliphatic rings. The summed E-state index contributed by atoms with van der Waals surface area (Å²) >= 11 is 6.35. The second-order valence-corrected chi connectivity index (χ2v) is 11.4. The topological polar surface area (TPSA) is 107 Å². The summed E-state index contributed by atoms with van der Waals surface area (Å²) in [4.78, 5) is 28.8. The zero-order chi connectivity index (χ0) is 31.2. The van der Waals surface area contributed by atoms with Crippen molar-refractivity contribution in [1.29, 1.82) is 0 Å². The van der Waals surface area contributed by atoms with Crippen LogP contribution in [0.5, 0.6) is 17.2 Å². The summed E-state index contributed by atoms with van der Waals surface area (Å²) in [5, 5.41) is 14.5. The summed E-state index contributed by atoms with van der Waals surface area (Å²) < 4.78 is 22.8. The minimum absolute atomic E-state index is 0.0170. The molecule has 1 saturated heterocycles. The van der Waals surface area contributed by atoms with Gasteiger partial charge in [-0.05, 0) is 59.9 Å². The van der Waals surface area contributed by atoms with Gasteiger partial charge in [0, 0.05) is 35.8 Å². The average molecular weight is 623 g/mol. The average Bonchev–Trinajstić information content (AvgIpc) is 3.40. The number of nitrogens with zero attached hydrogens (tertiary/aromatic N) is 1. The molecule has 2 N–H and O–H groups in total. The normalized spacial score (nSPS) is 19.5. The van der Waals surface area contributed by atoms with Gasteiger partial charge in [-0.2, -0.15) is 0 Å². The number of amides is 1. The van der Waals surface area contributed by atoms with E-state index in [9.17, 15) is 14.7 Å². The van der Waals surface area contributed by atoms with Crippen LogP contribution in [0.25, 0.3) is 0 Å². The first-order chi connectivity index (χ1) is 21.3. The lowest BCUT2D eigenvalue weighted by atomic mass is 9.82. The van der Waals surface area contributed by atoms with E-state index in [1.165, 1.54) is 0 Å². The van der Waals surface area contributed by atoms with Crippen molar-refractivity contribution in [3.63, 3.8) is 0 Å². The smallest absolute Gasteiger partial charge is 0.309 e. The van der Waals surface area contributed by atoms with E-state index in [1.807, 2.05) is 73.3 Å². The number of carbonyl (C=O) groups excluding carboxylic acids is 1. The molecule has 9 nitrogen and oxygen atoms in total. The first-order valence-corrected chi connectivity index (χ1v) is 15.4. The lowest BCUT2D eigenvalue weighted by Crippen LogP contribution is -2.35. The summed E-state index contributed by atoms with van der Waals surface area (Å²) in [5.74, 6) is -0.693. The number of para-hydroxylation sites is 1. The number of hydrogen-bond donors (Lipinski definition) is 2. The van der Waals surface area contributed by atoms with Crippen molar-refractivity contribution in [3.8, 4) is 17.2 Å². The first-order valence-electron chi connectivity index (χ1n) is 15.0. The summed E-state index contributed by atoms with van der Waals surface area (Å²) in [7, 11) is 1.60. The molecule has 44 heavy (non-hydrogen) atoms. The van der Waals surface area contributed by atoms with Crippen molar-refractivity contribution in [2.45, 2.75) is 38.6 Å². The maximum Gasteiger partial charge on any atom is 0.309 e. The Morgan fingerprint density at radius 2 is 1.70 bits per heavy atom. The predicted molar refractivity (Wildman–Crippen MR) is 168 cm³/mol. The highest BCUT2D eigenvalue weighted by Gasteiger charge is 2.49. The number of benzene rings is 3. The molecule has 2 heterocycles. The van der Waals surface area contributed by atoms with Crippen LogP contribution in [0.2, 0.25) is 5.02 Å². The highest BCUT2D eigenvalue weighted by atomic mass is 35.5. The Balaban J connectivity index is 1.52. The van der Waals surface area contributed by atoms with Crippen LogP contribution in [0.1, 0.15) is 48.1 Å². The molecule has 0 saturated carbocycles. The van der Waals surface area contributed by atoms with E-state index in [0.717, 1.165) is 22.4 Å². The van der Waals surface area contributed by atoms with Crippen molar-refractivity contribution in [2.24, 2.45) is 5.92 Å². The van der Waals surface area contributed by atoms with Crippen LogP contribution in [0.15, 0.2) is 54.6 Å². The maximum absolute atomic E-state index is 13.8. The van der Waals surface area contributed by atoms with Crippen molar-refractivity contribution < 1.29 is 33.6 Å². The largest absolute Gasteiger partial charge is 0.491 e. The number of hydrogen-bond acceptors (Lipinski definition) is 7. The standard InChI is InChI=1S/C34H39ClN2O7/c1-4-21-16-24(35)17-22(5-2)32(21)36-30(38)20-37-19-26(23-10-11-28-29(18-23)44-15-14-43-28)31(34(39)40)33(37)25-8-6-7-9-27(25)42-13-12-41-3/h6-11,16-18,26,31,33H,4-5,12-15,19-20H2,1-3H3,(H,36,38)(H,39,40)/t26-,31?,33+/m1/s1. The Kier molecular flexibility index (Phi) is 10.3. The van der Waals surface area contributed by atoms with Crippen molar-refractivity contribution in [1.82, 2.24) is 4.90 Å². The van der Waals surface area contributed by atoms with Crippen LogP contribution < -0.4 is 19.5 Å². The molecular weight excluding hydrogens is 584 g/mol. The Labute approximate surface area is 263 Å². The van der Waals surface area contributed by atoms with Crippen molar-refractivity contribution in [3.05, 3.63) is 81.9 Å². The summed E-state index contributed by atoms with van der Waals surface area (Å²) in [6, 6.07) is 16.1. The number of fused-ring (bicyclic) bond motifs is 1. The molecule has 2 aliphatic heterocycles. The molecular formula is C34H39ClN2O7. The van der Waals surface area contributed by atoms with Crippen LogP contribution in [-0.4, -0.2) is 68.5 Å². The van der Waals surface area contributed by atoms with Crippen LogP contribution in [-0.2, 0) is 27.2 Å². The molecule has 3 aromatic carbocycles. The second-order valence-electron chi connectivity index (χ2n) is 11.0. The fraction of sp³-hybridized carbons (Fsp3) is 0.412. The molecule has 0 radical (unpaired) electrons. The third kappa shape index (κ3) is 6.80. The number of carboxylic acids is 1. The van der Waals surface area contributed by atoms with E-state index in [1.54, 1.807) is 7.11 Å². The fourth-order valence-electron chi connectivity index (χ4n) is 6.29. The lowest BCUT2D eigenvalue weighted by molar-refractivity contribution is -0.143. The predicted octanol–water partition coefficient (Wildman–Crippen LogP) is 5.74. The lowest BCUT2D eigenvalue weighted by Gasteiger charge is -2.28. The number of aliphatic carboxylic acids is 1. The van der Waals surface area contributed by atoms with Crippen molar-refractivity contribution in [2.75, 3.05) is 51.9 Å². The Bertz CT molecular complexity index is 1470. The number of nitrogens with one attached hydrogen (secondary N) is 1. The highest BCUT2D eigenvalue weighted by molar-refractivity contribution is 6.30. The molecule has 1 fully saturated rings. The number of carboxylic acid groups (broad SMARTS) is 1. The number of anilines is 1. The molecule has 0 aliphatic carbocycles. The molecule has 3 atom stereocenters. The van der Waals surface area contributed by atoms with E-state index >= 15 is 0 Å². The van der Waals surface area contributed by atoms with Gasteiger partial charge in [-0.3, -0.25) is 14.5 Å². The van der Waals surface area contributed by atoms with E-state index in [4.69, 9.17) is 30.5 Å². The Hall–Kier alpha value is -3.79. The summed E-state index contributed by atoms with van der Waals surface area (Å²) in [6.07, 6.45) is 1.41. The van der Waals surface area contributed by atoms with Crippen LogP contribution in [0, 0.1) is 5.92 Å². The van der Waals surface area contributed by atoms with Gasteiger partial charge in [0.05, 0.1) is 25.1 Å². The van der Waals surface area contributed by atoms with Gasteiger partial charge in [0.25, 0.3) is 0 Å². The zero-order valence-corrected chi connectivity index (χ0v) is 26.1. The molecule has 3 aromatic rings. The maximum atomic E-state index is 13.8. The van der Waals surface area contributed by atoms with Gasteiger partial charge in [0.2, 0.25) is 5.91 Å². The highest BCUT2D eigenvalue weighted by Crippen LogP contribution is 2.49. The number of methoxy groups -OCH3 is 1. The molecule has 5 rings (SSSR count). The Morgan fingerprint density at radius 1 is 1.00 bits per heavy atom. The number of aryl methyl sites for hydroxylation is 2. The van der Waals surface area contributed by atoms with Gasteiger partial charge in [-0.15, -0.1) is 0 Å². The fourth-order valence-corrected chi connectivity index (χ4v) is 6.55. The third-order valence-corrected chi connectivity index (χ3v) is 8.52.